The summed E-state index contributed by atoms with van der Waals surface area (Å²) in [6.45, 7) is 10.9. The van der Waals surface area contributed by atoms with Crippen LogP contribution in [0, 0.1) is 11.6 Å². The standard InChI is InChI=1S/C28H38F2N2O3/c1-18(26(34)25(31-19(2)33)15-20-13-23(29)17-24(30)14-20)32-28(9-11-35-12-10-28)22-8-6-7-21(16-22)27(3,4)5/h6-8,13-14,16-18,25-26,32,34H,9-12,15H2,1-5H3,(H,31,33). The molecule has 3 rings (SSSR count). The first-order valence-electron chi connectivity index (χ1n) is 12.3. The number of hydrogen-bond acceptors (Lipinski definition) is 4. The Labute approximate surface area is 207 Å². The van der Waals surface area contributed by atoms with Crippen LogP contribution in [-0.2, 0) is 26.9 Å². The van der Waals surface area contributed by atoms with Gasteiger partial charge >= 0.3 is 0 Å². The van der Waals surface area contributed by atoms with Gasteiger partial charge in [0, 0.05) is 37.8 Å². The minimum atomic E-state index is -1.00. The van der Waals surface area contributed by atoms with E-state index in [1.54, 1.807) is 0 Å². The number of aliphatic hydroxyl groups excluding tert-OH is 1. The highest BCUT2D eigenvalue weighted by Crippen LogP contribution is 2.35. The first-order valence-corrected chi connectivity index (χ1v) is 12.3. The summed E-state index contributed by atoms with van der Waals surface area (Å²) in [4.78, 5) is 11.9. The highest BCUT2D eigenvalue weighted by molar-refractivity contribution is 5.73. The van der Waals surface area contributed by atoms with Gasteiger partial charge in [-0.15, -0.1) is 0 Å². The van der Waals surface area contributed by atoms with Gasteiger partial charge in [-0.05, 0) is 60.4 Å². The average Bonchev–Trinajstić information content (AvgIpc) is 2.77. The quantitative estimate of drug-likeness (QED) is 0.517. The van der Waals surface area contributed by atoms with Crippen LogP contribution in [0.2, 0.25) is 0 Å². The molecule has 1 amide bonds. The molecule has 2 aromatic rings. The molecule has 0 aliphatic carbocycles. The van der Waals surface area contributed by atoms with Crippen molar-refractivity contribution in [2.24, 2.45) is 0 Å². The third kappa shape index (κ3) is 7.09. The molecule has 35 heavy (non-hydrogen) atoms. The van der Waals surface area contributed by atoms with E-state index in [2.05, 4.69) is 55.7 Å². The number of aliphatic hydroxyl groups is 1. The molecule has 0 radical (unpaired) electrons. The zero-order valence-electron chi connectivity index (χ0n) is 21.3. The van der Waals surface area contributed by atoms with Crippen LogP contribution >= 0.6 is 0 Å². The molecule has 1 heterocycles. The Kier molecular flexibility index (Phi) is 8.67. The summed E-state index contributed by atoms with van der Waals surface area (Å²) in [6.07, 6.45) is 0.558. The Balaban J connectivity index is 1.87. The predicted molar refractivity (Wildman–Crippen MR) is 133 cm³/mol. The van der Waals surface area contributed by atoms with E-state index in [1.165, 1.54) is 24.6 Å². The van der Waals surface area contributed by atoms with Crippen LogP contribution in [0.5, 0.6) is 0 Å². The van der Waals surface area contributed by atoms with Gasteiger partial charge in [0.15, 0.2) is 0 Å². The molecule has 1 fully saturated rings. The van der Waals surface area contributed by atoms with Crippen LogP contribution < -0.4 is 10.6 Å². The van der Waals surface area contributed by atoms with Gasteiger partial charge < -0.3 is 20.5 Å². The number of carbonyl (C=O) groups excluding carboxylic acids is 1. The molecule has 3 atom stereocenters. The van der Waals surface area contributed by atoms with Crippen molar-refractivity contribution < 1.29 is 23.4 Å². The Hall–Kier alpha value is -2.35. The Morgan fingerprint density at radius 1 is 1.11 bits per heavy atom. The van der Waals surface area contributed by atoms with Gasteiger partial charge in [-0.2, -0.15) is 0 Å². The molecule has 2 aromatic carbocycles. The molecule has 3 N–H and O–H groups in total. The van der Waals surface area contributed by atoms with Crippen LogP contribution in [0.4, 0.5) is 8.78 Å². The third-order valence-electron chi connectivity index (χ3n) is 6.82. The third-order valence-corrected chi connectivity index (χ3v) is 6.82. The monoisotopic (exact) mass is 488 g/mol. The SMILES string of the molecule is CC(=O)NC(Cc1cc(F)cc(F)c1)C(O)C(C)NC1(c2cccc(C(C)(C)C)c2)CCOCC1. The molecule has 7 heteroatoms. The van der Waals surface area contributed by atoms with Crippen LogP contribution in [-0.4, -0.2) is 42.4 Å². The van der Waals surface area contributed by atoms with Crippen LogP contribution in [0.15, 0.2) is 42.5 Å². The van der Waals surface area contributed by atoms with Gasteiger partial charge in [-0.25, -0.2) is 8.78 Å². The zero-order chi connectivity index (χ0) is 25.8. The second kappa shape index (κ2) is 11.1. The van der Waals surface area contributed by atoms with Crippen LogP contribution in [0.1, 0.15) is 64.2 Å². The maximum Gasteiger partial charge on any atom is 0.217 e. The first-order chi connectivity index (χ1) is 16.4. The summed E-state index contributed by atoms with van der Waals surface area (Å²) >= 11 is 0. The summed E-state index contributed by atoms with van der Waals surface area (Å²) in [6, 6.07) is 10.6. The lowest BCUT2D eigenvalue weighted by Gasteiger charge is -2.43. The number of amides is 1. The van der Waals surface area contributed by atoms with E-state index in [0.717, 1.165) is 24.5 Å². The van der Waals surface area contributed by atoms with Gasteiger partial charge in [-0.1, -0.05) is 45.0 Å². The number of ether oxygens (including phenoxy) is 1. The minimum Gasteiger partial charge on any atom is -0.389 e. The minimum absolute atomic E-state index is 0.00969. The van der Waals surface area contributed by atoms with Crippen molar-refractivity contribution in [3.63, 3.8) is 0 Å². The van der Waals surface area contributed by atoms with Gasteiger partial charge in [0.25, 0.3) is 0 Å². The van der Waals surface area contributed by atoms with Gasteiger partial charge in [0.05, 0.1) is 12.1 Å². The number of halogens is 2. The Morgan fingerprint density at radius 2 is 1.74 bits per heavy atom. The van der Waals surface area contributed by atoms with E-state index in [1.807, 2.05) is 6.92 Å². The average molecular weight is 489 g/mol. The molecular formula is C28H38F2N2O3. The summed E-state index contributed by atoms with van der Waals surface area (Å²) in [5.74, 6) is -1.71. The van der Waals surface area contributed by atoms with E-state index >= 15 is 0 Å². The fourth-order valence-corrected chi connectivity index (χ4v) is 4.89. The lowest BCUT2D eigenvalue weighted by atomic mass is 9.78. The molecule has 1 saturated heterocycles. The zero-order valence-corrected chi connectivity index (χ0v) is 21.3. The van der Waals surface area contributed by atoms with Crippen LogP contribution in [0.3, 0.4) is 0 Å². The number of carbonyl (C=O) groups is 1. The molecule has 0 spiro atoms. The van der Waals surface area contributed by atoms with Crippen molar-refractivity contribution in [1.82, 2.24) is 10.6 Å². The molecule has 5 nitrogen and oxygen atoms in total. The molecule has 3 unspecified atom stereocenters. The number of nitrogens with one attached hydrogen (secondary N) is 2. The highest BCUT2D eigenvalue weighted by Gasteiger charge is 2.38. The van der Waals surface area contributed by atoms with E-state index in [9.17, 15) is 18.7 Å². The summed E-state index contributed by atoms with van der Waals surface area (Å²) in [7, 11) is 0. The van der Waals surface area contributed by atoms with Crippen molar-refractivity contribution in [1.29, 1.82) is 0 Å². The van der Waals surface area contributed by atoms with Crippen molar-refractivity contribution in [3.05, 3.63) is 70.8 Å². The van der Waals surface area contributed by atoms with Crippen molar-refractivity contribution >= 4 is 5.91 Å². The highest BCUT2D eigenvalue weighted by atomic mass is 19.1. The van der Waals surface area contributed by atoms with Gasteiger partial charge in [-0.3, -0.25) is 4.79 Å². The predicted octanol–water partition coefficient (Wildman–Crippen LogP) is 4.35. The summed E-state index contributed by atoms with van der Waals surface area (Å²) in [5.41, 5.74) is 2.30. The van der Waals surface area contributed by atoms with Crippen molar-refractivity contribution in [3.8, 4) is 0 Å². The maximum atomic E-state index is 13.8. The molecular weight excluding hydrogens is 450 g/mol. The molecule has 0 saturated carbocycles. The van der Waals surface area contributed by atoms with Crippen molar-refractivity contribution in [2.75, 3.05) is 13.2 Å². The lowest BCUT2D eigenvalue weighted by Crippen LogP contribution is -2.58. The van der Waals surface area contributed by atoms with Gasteiger partial charge in [0.1, 0.15) is 11.6 Å². The molecule has 1 aliphatic heterocycles. The van der Waals surface area contributed by atoms with Crippen LogP contribution in [0.25, 0.3) is 0 Å². The number of benzene rings is 2. The summed E-state index contributed by atoms with van der Waals surface area (Å²) in [5, 5.41) is 17.7. The lowest BCUT2D eigenvalue weighted by molar-refractivity contribution is -0.120. The smallest absolute Gasteiger partial charge is 0.217 e. The van der Waals surface area contributed by atoms with Gasteiger partial charge in [0.2, 0.25) is 5.91 Å². The van der Waals surface area contributed by atoms with E-state index in [0.29, 0.717) is 18.8 Å². The molecule has 0 bridgehead atoms. The maximum absolute atomic E-state index is 13.8. The number of hydrogen-bond donors (Lipinski definition) is 3. The van der Waals surface area contributed by atoms with E-state index in [-0.39, 0.29) is 17.7 Å². The normalized spacial score (nSPS) is 18.5. The second-order valence-corrected chi connectivity index (χ2v) is 10.7. The first kappa shape index (κ1) is 27.2. The molecule has 0 aromatic heterocycles. The fraction of sp³-hybridized carbons (Fsp3) is 0.536. The number of rotatable bonds is 8. The second-order valence-electron chi connectivity index (χ2n) is 10.7. The fourth-order valence-electron chi connectivity index (χ4n) is 4.89. The van der Waals surface area contributed by atoms with E-state index in [4.69, 9.17) is 4.74 Å². The molecule has 192 valence electrons. The summed E-state index contributed by atoms with van der Waals surface area (Å²) < 4.78 is 33.2. The topological polar surface area (TPSA) is 70.6 Å². The largest absolute Gasteiger partial charge is 0.389 e. The Morgan fingerprint density at radius 3 is 2.31 bits per heavy atom. The Bertz CT molecular complexity index is 995. The van der Waals surface area contributed by atoms with Crippen molar-refractivity contribution in [2.45, 2.75) is 83.0 Å². The molecule has 1 aliphatic rings. The van der Waals surface area contributed by atoms with E-state index < -0.39 is 35.4 Å².